The predicted octanol–water partition coefficient (Wildman–Crippen LogP) is 5.19. The Morgan fingerprint density at radius 2 is 2.19 bits per heavy atom. The molecule has 3 nitrogen and oxygen atoms in total. The molecule has 6 heteroatoms. The zero-order chi connectivity index (χ0) is 15.1. The van der Waals surface area contributed by atoms with Crippen molar-refractivity contribution in [2.45, 2.75) is 25.8 Å². The van der Waals surface area contributed by atoms with Gasteiger partial charge in [-0.25, -0.2) is 9.37 Å². The molecule has 1 atom stereocenters. The maximum Gasteiger partial charge on any atom is 0.139 e. The number of imidazole rings is 1. The predicted molar refractivity (Wildman–Crippen MR) is 84.2 cm³/mol. The minimum Gasteiger partial charge on any atom is -0.464 e. The topological polar surface area (TPSA) is 31.0 Å². The molecule has 0 radical (unpaired) electrons. The van der Waals surface area contributed by atoms with Crippen LogP contribution in [0.15, 0.2) is 33.2 Å². The lowest BCUT2D eigenvalue weighted by molar-refractivity contribution is 0.468. The van der Waals surface area contributed by atoms with E-state index in [1.807, 2.05) is 30.5 Å². The van der Waals surface area contributed by atoms with Crippen LogP contribution in [0.25, 0.3) is 11.0 Å². The Bertz CT molecular complexity index is 809. The molecule has 0 saturated carbocycles. The maximum absolute atomic E-state index is 13.8. The van der Waals surface area contributed by atoms with Crippen molar-refractivity contribution in [3.63, 3.8) is 0 Å². The summed E-state index contributed by atoms with van der Waals surface area (Å²) in [7, 11) is 0. The molecule has 1 unspecified atom stereocenters. The molecule has 3 aromatic rings. The second-order valence-electron chi connectivity index (χ2n) is 4.94. The van der Waals surface area contributed by atoms with Crippen LogP contribution in [0.1, 0.15) is 29.6 Å². The summed E-state index contributed by atoms with van der Waals surface area (Å²) in [5.74, 6) is 1.99. The van der Waals surface area contributed by atoms with Crippen LogP contribution in [0.5, 0.6) is 0 Å². The highest BCUT2D eigenvalue weighted by atomic mass is 79.9. The molecule has 2 aromatic heterocycles. The van der Waals surface area contributed by atoms with Gasteiger partial charge in [0, 0.05) is 6.07 Å². The van der Waals surface area contributed by atoms with E-state index in [2.05, 4.69) is 20.9 Å². The Kier molecular flexibility index (Phi) is 3.80. The van der Waals surface area contributed by atoms with Gasteiger partial charge >= 0.3 is 0 Å². The summed E-state index contributed by atoms with van der Waals surface area (Å²) in [6.45, 7) is 4.20. The Morgan fingerprint density at radius 1 is 1.43 bits per heavy atom. The van der Waals surface area contributed by atoms with Crippen LogP contribution in [0.2, 0.25) is 0 Å². The van der Waals surface area contributed by atoms with Gasteiger partial charge in [-0.3, -0.25) is 0 Å². The molecule has 1 aromatic carbocycles. The summed E-state index contributed by atoms with van der Waals surface area (Å²) < 4.78 is 21.7. The second kappa shape index (κ2) is 5.46. The van der Waals surface area contributed by atoms with Gasteiger partial charge in [0.15, 0.2) is 0 Å². The molecule has 0 fully saturated rings. The molecule has 2 heterocycles. The number of hydrogen-bond donors (Lipinski definition) is 0. The monoisotopic (exact) mass is 370 g/mol. The quantitative estimate of drug-likeness (QED) is 0.593. The van der Waals surface area contributed by atoms with Gasteiger partial charge in [-0.1, -0.05) is 0 Å². The van der Waals surface area contributed by atoms with E-state index >= 15 is 0 Å². The van der Waals surface area contributed by atoms with Crippen LogP contribution in [-0.4, -0.2) is 9.55 Å². The third kappa shape index (κ3) is 2.72. The number of nitrogens with zero attached hydrogens (tertiary/aromatic N) is 2. The Labute approximate surface area is 134 Å². The van der Waals surface area contributed by atoms with E-state index in [-0.39, 0.29) is 11.2 Å². The lowest BCUT2D eigenvalue weighted by Gasteiger charge is -2.09. The first-order valence-corrected chi connectivity index (χ1v) is 7.73. The van der Waals surface area contributed by atoms with E-state index in [9.17, 15) is 4.39 Å². The van der Waals surface area contributed by atoms with Crippen molar-refractivity contribution in [1.29, 1.82) is 0 Å². The number of halogens is 3. The van der Waals surface area contributed by atoms with E-state index in [1.54, 1.807) is 6.07 Å². The minimum absolute atomic E-state index is 0.282. The lowest BCUT2D eigenvalue weighted by atomic mass is 10.3. The van der Waals surface area contributed by atoms with Crippen LogP contribution >= 0.6 is 27.5 Å². The van der Waals surface area contributed by atoms with Gasteiger partial charge in [-0.05, 0) is 48.0 Å². The van der Waals surface area contributed by atoms with E-state index < -0.39 is 0 Å². The van der Waals surface area contributed by atoms with Gasteiger partial charge in [0.25, 0.3) is 0 Å². The number of benzene rings is 1. The summed E-state index contributed by atoms with van der Waals surface area (Å²) in [6.07, 6.45) is 0. The Balaban J connectivity index is 2.17. The molecule has 0 saturated heterocycles. The van der Waals surface area contributed by atoms with E-state index in [4.69, 9.17) is 16.0 Å². The largest absolute Gasteiger partial charge is 0.464 e. The second-order valence-corrected chi connectivity index (χ2v) is 6.45. The molecular weight excluding hydrogens is 359 g/mol. The third-order valence-electron chi connectivity index (χ3n) is 3.29. The Morgan fingerprint density at radius 3 is 2.81 bits per heavy atom. The molecule has 3 rings (SSSR count). The molecule has 21 heavy (non-hydrogen) atoms. The fourth-order valence-corrected chi connectivity index (χ4v) is 2.83. The first-order chi connectivity index (χ1) is 9.95. The summed E-state index contributed by atoms with van der Waals surface area (Å²) in [4.78, 5) is 4.51. The maximum atomic E-state index is 13.8. The minimum atomic E-state index is -0.326. The molecule has 0 aliphatic heterocycles. The summed E-state index contributed by atoms with van der Waals surface area (Å²) in [5.41, 5.74) is 1.40. The van der Waals surface area contributed by atoms with E-state index in [0.717, 1.165) is 11.5 Å². The smallest absolute Gasteiger partial charge is 0.139 e. The summed E-state index contributed by atoms with van der Waals surface area (Å²) in [5, 5.41) is -0.282. The summed E-state index contributed by atoms with van der Waals surface area (Å²) in [6, 6.07) is 6.93. The normalized spacial score (nSPS) is 13.0. The zero-order valence-electron chi connectivity index (χ0n) is 11.5. The SMILES string of the molecule is Cc1ccc(Cn2c(C(C)Cl)nc3cc(Br)c(F)cc32)o1. The van der Waals surface area contributed by atoms with Crippen molar-refractivity contribution in [2.24, 2.45) is 0 Å². The van der Waals surface area contributed by atoms with E-state index in [0.29, 0.717) is 27.9 Å². The number of fused-ring (bicyclic) bond motifs is 1. The van der Waals surface area contributed by atoms with Crippen molar-refractivity contribution < 1.29 is 8.81 Å². The fraction of sp³-hybridized carbons (Fsp3) is 0.267. The van der Waals surface area contributed by atoms with Crippen LogP contribution < -0.4 is 0 Å². The number of alkyl halides is 1. The van der Waals surface area contributed by atoms with Crippen molar-refractivity contribution in [3.05, 3.63) is 51.9 Å². The van der Waals surface area contributed by atoms with Crippen LogP contribution in [0.3, 0.4) is 0 Å². The van der Waals surface area contributed by atoms with Gasteiger partial charge in [0.05, 0.1) is 27.4 Å². The molecule has 0 bridgehead atoms. The summed E-state index contributed by atoms with van der Waals surface area (Å²) >= 11 is 9.39. The number of furan rings is 1. The molecular formula is C15H13BrClFN2O. The molecule has 0 spiro atoms. The molecule has 0 aliphatic rings. The van der Waals surface area contributed by atoms with Gasteiger partial charge in [0.1, 0.15) is 23.2 Å². The standard InChI is InChI=1S/C15H13BrClFN2O/c1-8-3-4-10(21-8)7-20-14-6-12(18)11(16)5-13(14)19-15(20)9(2)17/h3-6,9H,7H2,1-2H3. The fourth-order valence-electron chi connectivity index (χ4n) is 2.33. The van der Waals surface area contributed by atoms with Crippen molar-refractivity contribution in [2.75, 3.05) is 0 Å². The highest BCUT2D eigenvalue weighted by Gasteiger charge is 2.18. The zero-order valence-corrected chi connectivity index (χ0v) is 13.9. The van der Waals surface area contributed by atoms with Gasteiger partial charge in [-0.15, -0.1) is 11.6 Å². The lowest BCUT2D eigenvalue weighted by Crippen LogP contribution is -2.05. The van der Waals surface area contributed by atoms with Crippen molar-refractivity contribution >= 4 is 38.6 Å². The van der Waals surface area contributed by atoms with Crippen LogP contribution in [0, 0.1) is 12.7 Å². The van der Waals surface area contributed by atoms with Crippen LogP contribution in [0.4, 0.5) is 4.39 Å². The molecule has 0 N–H and O–H groups in total. The van der Waals surface area contributed by atoms with Crippen LogP contribution in [-0.2, 0) is 6.54 Å². The van der Waals surface area contributed by atoms with Crippen molar-refractivity contribution in [1.82, 2.24) is 9.55 Å². The average Bonchev–Trinajstić information content (AvgIpc) is 2.96. The highest BCUT2D eigenvalue weighted by Crippen LogP contribution is 2.29. The van der Waals surface area contributed by atoms with Gasteiger partial charge < -0.3 is 8.98 Å². The first-order valence-electron chi connectivity index (χ1n) is 6.50. The van der Waals surface area contributed by atoms with Crippen molar-refractivity contribution in [3.8, 4) is 0 Å². The number of hydrogen-bond acceptors (Lipinski definition) is 2. The Hall–Kier alpha value is -1.33. The first kappa shape index (κ1) is 14.6. The molecule has 0 aliphatic carbocycles. The van der Waals surface area contributed by atoms with Gasteiger partial charge in [-0.2, -0.15) is 0 Å². The average molecular weight is 372 g/mol. The number of aryl methyl sites for hydroxylation is 1. The van der Waals surface area contributed by atoms with Gasteiger partial charge in [0.2, 0.25) is 0 Å². The third-order valence-corrected chi connectivity index (χ3v) is 4.09. The highest BCUT2D eigenvalue weighted by molar-refractivity contribution is 9.10. The molecule has 110 valence electrons. The number of aromatic nitrogens is 2. The molecule has 0 amide bonds. The van der Waals surface area contributed by atoms with E-state index in [1.165, 1.54) is 6.07 Å². The number of rotatable bonds is 3.